The number of hydrogen-bond donors (Lipinski definition) is 1. The minimum absolute atomic E-state index is 0.0437. The van der Waals surface area contributed by atoms with Crippen LogP contribution in [0.5, 0.6) is 0 Å². The van der Waals surface area contributed by atoms with Crippen molar-refractivity contribution in [2.24, 2.45) is 0 Å². The summed E-state index contributed by atoms with van der Waals surface area (Å²) in [6.45, 7) is 4.09. The van der Waals surface area contributed by atoms with Crippen LogP contribution in [0.15, 0.2) is 51.2 Å². The normalized spacial score (nSPS) is 11.5. The first-order chi connectivity index (χ1) is 12.9. The van der Waals surface area contributed by atoms with Gasteiger partial charge < -0.3 is 9.26 Å². The van der Waals surface area contributed by atoms with Crippen LogP contribution in [-0.2, 0) is 21.3 Å². The zero-order valence-corrected chi connectivity index (χ0v) is 16.4. The number of rotatable bonds is 7. The van der Waals surface area contributed by atoms with E-state index < -0.39 is 16.0 Å². The Labute approximate surface area is 161 Å². The van der Waals surface area contributed by atoms with Gasteiger partial charge in [-0.3, -0.25) is 0 Å². The Morgan fingerprint density at radius 1 is 1.22 bits per heavy atom. The van der Waals surface area contributed by atoms with Crippen LogP contribution in [0.2, 0.25) is 0 Å². The third kappa shape index (κ3) is 4.62. The number of nitrogens with zero attached hydrogens (tertiary/aromatic N) is 1. The molecule has 9 heteroatoms. The molecule has 0 atom stereocenters. The molecule has 0 fully saturated rings. The molecular formula is C18H18N2O5S2. The van der Waals surface area contributed by atoms with E-state index in [0.717, 1.165) is 22.5 Å². The quantitative estimate of drug-likeness (QED) is 0.604. The van der Waals surface area contributed by atoms with E-state index in [1.54, 1.807) is 13.0 Å². The Morgan fingerprint density at radius 3 is 2.67 bits per heavy atom. The predicted molar refractivity (Wildman–Crippen MR) is 101 cm³/mol. The lowest BCUT2D eigenvalue weighted by atomic mass is 10.2. The number of hydrogen-bond acceptors (Lipinski definition) is 7. The number of aromatic nitrogens is 1. The Kier molecular flexibility index (Phi) is 5.73. The maximum atomic E-state index is 12.5. The van der Waals surface area contributed by atoms with Gasteiger partial charge in [0.2, 0.25) is 10.0 Å². The van der Waals surface area contributed by atoms with Gasteiger partial charge >= 0.3 is 5.97 Å². The lowest BCUT2D eigenvalue weighted by Gasteiger charge is -2.05. The van der Waals surface area contributed by atoms with Gasteiger partial charge in [0.25, 0.3) is 0 Å². The molecule has 2 aromatic heterocycles. The molecule has 27 heavy (non-hydrogen) atoms. The highest BCUT2D eigenvalue weighted by molar-refractivity contribution is 7.91. The molecule has 1 N–H and O–H groups in total. The Morgan fingerprint density at radius 2 is 1.96 bits per heavy atom. The largest absolute Gasteiger partial charge is 0.461 e. The molecule has 0 aliphatic heterocycles. The van der Waals surface area contributed by atoms with Gasteiger partial charge in [-0.15, -0.1) is 11.3 Å². The van der Waals surface area contributed by atoms with Crippen molar-refractivity contribution in [2.45, 2.75) is 24.6 Å². The average molecular weight is 406 g/mol. The van der Waals surface area contributed by atoms with Gasteiger partial charge in [-0.25, -0.2) is 17.9 Å². The molecule has 0 aliphatic rings. The summed E-state index contributed by atoms with van der Waals surface area (Å²) >= 11 is 1.03. The summed E-state index contributed by atoms with van der Waals surface area (Å²) in [5.41, 5.74) is 2.02. The second-order valence-corrected chi connectivity index (χ2v) is 8.80. The van der Waals surface area contributed by atoms with E-state index in [4.69, 9.17) is 9.26 Å². The number of carbonyl (C=O) groups is 1. The van der Waals surface area contributed by atoms with Crippen molar-refractivity contribution in [1.82, 2.24) is 9.88 Å². The lowest BCUT2D eigenvalue weighted by Crippen LogP contribution is -2.22. The van der Waals surface area contributed by atoms with Crippen LogP contribution in [-0.4, -0.2) is 26.2 Å². The van der Waals surface area contributed by atoms with Gasteiger partial charge in [0.05, 0.1) is 11.5 Å². The van der Waals surface area contributed by atoms with E-state index in [-0.39, 0.29) is 23.1 Å². The first kappa shape index (κ1) is 19.3. The smallest absolute Gasteiger partial charge is 0.360 e. The van der Waals surface area contributed by atoms with Gasteiger partial charge in [0.15, 0.2) is 11.5 Å². The van der Waals surface area contributed by atoms with Crippen molar-refractivity contribution in [2.75, 3.05) is 6.61 Å². The fourth-order valence-corrected chi connectivity index (χ4v) is 4.56. The van der Waals surface area contributed by atoms with Crippen molar-refractivity contribution in [3.63, 3.8) is 0 Å². The van der Waals surface area contributed by atoms with Crippen molar-refractivity contribution in [3.05, 3.63) is 59.3 Å². The zero-order chi connectivity index (χ0) is 19.4. The molecule has 0 unspecified atom stereocenters. The van der Waals surface area contributed by atoms with Gasteiger partial charge in [0.1, 0.15) is 4.21 Å². The molecule has 142 valence electrons. The molecule has 3 aromatic rings. The van der Waals surface area contributed by atoms with Crippen LogP contribution in [0.25, 0.3) is 10.6 Å². The lowest BCUT2D eigenvalue weighted by molar-refractivity contribution is 0.0514. The molecular weight excluding hydrogens is 388 g/mol. The topological polar surface area (TPSA) is 98.5 Å². The van der Waals surface area contributed by atoms with Crippen LogP contribution in [0.4, 0.5) is 0 Å². The maximum absolute atomic E-state index is 12.5. The predicted octanol–water partition coefficient (Wildman–Crippen LogP) is 3.37. The van der Waals surface area contributed by atoms with Crippen LogP contribution in [0.1, 0.15) is 28.5 Å². The third-order valence-electron chi connectivity index (χ3n) is 3.67. The van der Waals surface area contributed by atoms with E-state index in [9.17, 15) is 13.2 Å². The maximum Gasteiger partial charge on any atom is 0.360 e. The number of esters is 1. The zero-order valence-electron chi connectivity index (χ0n) is 14.8. The fourth-order valence-electron chi connectivity index (χ4n) is 2.24. The standard InChI is InChI=1S/C18H18N2O5S2/c1-3-24-18(21)14-10-15(25-20-14)16-8-9-17(26-16)27(22,23)19-11-13-6-4-12(2)5-7-13/h4-10,19H,3,11H2,1-2H3. The second kappa shape index (κ2) is 8.03. The molecule has 0 bridgehead atoms. The molecule has 0 saturated carbocycles. The van der Waals surface area contributed by atoms with E-state index in [1.807, 2.05) is 31.2 Å². The van der Waals surface area contributed by atoms with Crippen molar-refractivity contribution < 1.29 is 22.5 Å². The van der Waals surface area contributed by atoms with Gasteiger partial charge in [-0.2, -0.15) is 0 Å². The van der Waals surface area contributed by atoms with Crippen LogP contribution < -0.4 is 4.72 Å². The fraction of sp³-hybridized carbons (Fsp3) is 0.222. The molecule has 0 aliphatic carbocycles. The highest BCUT2D eigenvalue weighted by Gasteiger charge is 2.20. The summed E-state index contributed by atoms with van der Waals surface area (Å²) in [6.07, 6.45) is 0. The number of thiophene rings is 1. The highest BCUT2D eigenvalue weighted by Crippen LogP contribution is 2.31. The molecule has 7 nitrogen and oxygen atoms in total. The number of ether oxygens (including phenoxy) is 1. The third-order valence-corrected chi connectivity index (χ3v) is 6.66. The summed E-state index contributed by atoms with van der Waals surface area (Å²) in [5, 5.41) is 3.66. The van der Waals surface area contributed by atoms with E-state index in [0.29, 0.717) is 10.6 Å². The molecule has 2 heterocycles. The highest BCUT2D eigenvalue weighted by atomic mass is 32.2. The molecule has 0 saturated heterocycles. The van der Waals surface area contributed by atoms with Crippen molar-refractivity contribution >= 4 is 27.3 Å². The first-order valence-electron chi connectivity index (χ1n) is 8.18. The SMILES string of the molecule is CCOC(=O)c1cc(-c2ccc(S(=O)(=O)NCc3ccc(C)cc3)s2)on1. The van der Waals surface area contributed by atoms with E-state index in [1.165, 1.54) is 12.1 Å². The summed E-state index contributed by atoms with van der Waals surface area (Å²) in [5.74, 6) is -0.278. The van der Waals surface area contributed by atoms with Gasteiger partial charge in [-0.1, -0.05) is 35.0 Å². The van der Waals surface area contributed by atoms with E-state index in [2.05, 4.69) is 9.88 Å². The second-order valence-electron chi connectivity index (χ2n) is 5.73. The summed E-state index contributed by atoms with van der Waals surface area (Å²) in [4.78, 5) is 12.2. The first-order valence-corrected chi connectivity index (χ1v) is 10.5. The number of benzene rings is 1. The summed E-state index contributed by atoms with van der Waals surface area (Å²) in [6, 6.07) is 12.1. The minimum Gasteiger partial charge on any atom is -0.461 e. The van der Waals surface area contributed by atoms with Crippen LogP contribution in [0, 0.1) is 6.92 Å². The molecule has 0 spiro atoms. The average Bonchev–Trinajstić information content (AvgIpc) is 3.31. The minimum atomic E-state index is -3.66. The molecule has 1 aromatic carbocycles. The summed E-state index contributed by atoms with van der Waals surface area (Å²) in [7, 11) is -3.66. The Bertz CT molecular complexity index is 1040. The number of sulfonamides is 1. The molecule has 0 amide bonds. The van der Waals surface area contributed by atoms with E-state index >= 15 is 0 Å². The van der Waals surface area contributed by atoms with Crippen molar-refractivity contribution in [1.29, 1.82) is 0 Å². The van der Waals surface area contributed by atoms with Crippen LogP contribution in [0.3, 0.4) is 0 Å². The number of carbonyl (C=O) groups excluding carboxylic acids is 1. The summed E-state index contributed by atoms with van der Waals surface area (Å²) < 4.78 is 37.7. The van der Waals surface area contributed by atoms with Crippen molar-refractivity contribution in [3.8, 4) is 10.6 Å². The number of aryl methyl sites for hydroxylation is 1. The Balaban J connectivity index is 1.72. The number of nitrogens with one attached hydrogen (secondary N) is 1. The van der Waals surface area contributed by atoms with Gasteiger partial charge in [-0.05, 0) is 31.5 Å². The van der Waals surface area contributed by atoms with Gasteiger partial charge in [0, 0.05) is 12.6 Å². The monoisotopic (exact) mass is 406 g/mol. The van der Waals surface area contributed by atoms with Crippen LogP contribution >= 0.6 is 11.3 Å². The molecule has 0 radical (unpaired) electrons. The molecule has 3 rings (SSSR count). The Hall–Kier alpha value is -2.49.